The fraction of sp³-hybridized carbons (Fsp3) is 0.474. The molecule has 24 heavy (non-hydrogen) atoms. The first-order valence-electron chi connectivity index (χ1n) is 8.63. The van der Waals surface area contributed by atoms with Crippen LogP contribution in [0.1, 0.15) is 32.3 Å². The standard InChI is InChI=1S/C19H24FN3O/c1-3-16-4-5-17(10-19(16)20)18-11-21-23(13-18)12-15-6-8-22(9-7-15)14(2)24/h4-5,10-11,13,15H,3,6-9,12H2,1-2H3. The SMILES string of the molecule is CCc1ccc(-c2cnn(CC3CCN(C(C)=O)CC3)c2)cc1F. The zero-order valence-corrected chi connectivity index (χ0v) is 14.3. The minimum Gasteiger partial charge on any atom is -0.343 e. The van der Waals surface area contributed by atoms with E-state index in [-0.39, 0.29) is 11.7 Å². The second kappa shape index (κ2) is 7.16. The number of carbonyl (C=O) groups is 1. The van der Waals surface area contributed by atoms with Crippen molar-refractivity contribution in [2.75, 3.05) is 13.1 Å². The van der Waals surface area contributed by atoms with E-state index in [0.717, 1.165) is 49.2 Å². The summed E-state index contributed by atoms with van der Waals surface area (Å²) in [4.78, 5) is 13.3. The molecule has 3 rings (SSSR count). The molecule has 0 aliphatic carbocycles. The molecule has 0 unspecified atom stereocenters. The van der Waals surface area contributed by atoms with E-state index in [1.165, 1.54) is 0 Å². The van der Waals surface area contributed by atoms with Gasteiger partial charge < -0.3 is 4.90 Å². The third-order valence-corrected chi connectivity index (χ3v) is 4.91. The van der Waals surface area contributed by atoms with E-state index in [0.29, 0.717) is 12.3 Å². The van der Waals surface area contributed by atoms with Gasteiger partial charge in [-0.15, -0.1) is 0 Å². The Morgan fingerprint density at radius 2 is 2.04 bits per heavy atom. The topological polar surface area (TPSA) is 38.1 Å². The van der Waals surface area contributed by atoms with Gasteiger partial charge in [-0.25, -0.2) is 4.39 Å². The Kier molecular flexibility index (Phi) is 4.97. The number of aromatic nitrogens is 2. The van der Waals surface area contributed by atoms with E-state index in [4.69, 9.17) is 0 Å². The Morgan fingerprint density at radius 1 is 1.29 bits per heavy atom. The molecule has 5 heteroatoms. The predicted octanol–water partition coefficient (Wildman–Crippen LogP) is 3.51. The molecule has 1 aromatic carbocycles. The summed E-state index contributed by atoms with van der Waals surface area (Å²) in [6, 6.07) is 5.39. The molecule has 1 amide bonds. The van der Waals surface area contributed by atoms with E-state index >= 15 is 0 Å². The maximum atomic E-state index is 14.0. The maximum absolute atomic E-state index is 14.0. The largest absolute Gasteiger partial charge is 0.343 e. The highest BCUT2D eigenvalue weighted by Crippen LogP contribution is 2.24. The maximum Gasteiger partial charge on any atom is 0.219 e. The van der Waals surface area contributed by atoms with Gasteiger partial charge in [0.2, 0.25) is 5.91 Å². The molecule has 2 aromatic rings. The second-order valence-corrected chi connectivity index (χ2v) is 6.56. The van der Waals surface area contributed by atoms with Crippen molar-refractivity contribution in [2.24, 2.45) is 5.92 Å². The molecule has 4 nitrogen and oxygen atoms in total. The number of aryl methyl sites for hydroxylation is 1. The monoisotopic (exact) mass is 329 g/mol. The van der Waals surface area contributed by atoms with Crippen molar-refractivity contribution in [1.82, 2.24) is 14.7 Å². The van der Waals surface area contributed by atoms with Crippen LogP contribution < -0.4 is 0 Å². The Morgan fingerprint density at radius 3 is 2.67 bits per heavy atom. The molecule has 0 N–H and O–H groups in total. The quantitative estimate of drug-likeness (QED) is 0.861. The van der Waals surface area contributed by atoms with Crippen molar-refractivity contribution >= 4 is 5.91 Å². The van der Waals surface area contributed by atoms with Crippen molar-refractivity contribution in [1.29, 1.82) is 0 Å². The highest BCUT2D eigenvalue weighted by Gasteiger charge is 2.21. The first-order valence-corrected chi connectivity index (χ1v) is 8.63. The van der Waals surface area contributed by atoms with Crippen LogP contribution in [0.25, 0.3) is 11.1 Å². The molecule has 0 bridgehead atoms. The Balaban J connectivity index is 1.64. The summed E-state index contributed by atoms with van der Waals surface area (Å²) >= 11 is 0. The Labute approximate surface area is 142 Å². The van der Waals surface area contributed by atoms with Crippen LogP contribution in [-0.4, -0.2) is 33.7 Å². The van der Waals surface area contributed by atoms with E-state index < -0.39 is 0 Å². The number of piperidine rings is 1. The molecule has 1 aliphatic rings. The summed E-state index contributed by atoms with van der Waals surface area (Å²) in [6.45, 7) is 6.09. The molecule has 0 saturated carbocycles. The normalized spacial score (nSPS) is 15.7. The lowest BCUT2D eigenvalue weighted by Gasteiger charge is -2.31. The third-order valence-electron chi connectivity index (χ3n) is 4.91. The molecular weight excluding hydrogens is 305 g/mol. The van der Waals surface area contributed by atoms with Gasteiger partial charge in [0.15, 0.2) is 0 Å². The summed E-state index contributed by atoms with van der Waals surface area (Å²) in [6.07, 6.45) is 6.50. The van der Waals surface area contributed by atoms with Crippen molar-refractivity contribution < 1.29 is 9.18 Å². The summed E-state index contributed by atoms with van der Waals surface area (Å²) in [5.41, 5.74) is 2.54. The number of likely N-dealkylation sites (tertiary alicyclic amines) is 1. The van der Waals surface area contributed by atoms with Crippen LogP contribution in [0.2, 0.25) is 0 Å². The summed E-state index contributed by atoms with van der Waals surface area (Å²) in [7, 11) is 0. The number of benzene rings is 1. The molecular formula is C19H24FN3O. The van der Waals surface area contributed by atoms with Crippen LogP contribution in [0.5, 0.6) is 0 Å². The summed E-state index contributed by atoms with van der Waals surface area (Å²) in [5.74, 6) is 0.541. The minimum absolute atomic E-state index is 0.153. The smallest absolute Gasteiger partial charge is 0.219 e. The second-order valence-electron chi connectivity index (χ2n) is 6.56. The lowest BCUT2D eigenvalue weighted by molar-refractivity contribution is -0.130. The van der Waals surface area contributed by atoms with Gasteiger partial charge in [0.25, 0.3) is 0 Å². The average Bonchev–Trinajstić information content (AvgIpc) is 3.04. The van der Waals surface area contributed by atoms with Gasteiger partial charge in [-0.1, -0.05) is 19.1 Å². The zero-order chi connectivity index (χ0) is 17.1. The molecule has 2 heterocycles. The number of nitrogens with zero attached hydrogens (tertiary/aromatic N) is 3. The van der Waals surface area contributed by atoms with Gasteiger partial charge in [0.05, 0.1) is 6.20 Å². The molecule has 0 atom stereocenters. The van der Waals surface area contributed by atoms with E-state index in [2.05, 4.69) is 5.10 Å². The number of carbonyl (C=O) groups excluding carboxylic acids is 1. The van der Waals surface area contributed by atoms with Gasteiger partial charge in [-0.2, -0.15) is 5.10 Å². The van der Waals surface area contributed by atoms with Crippen molar-refractivity contribution in [3.63, 3.8) is 0 Å². The van der Waals surface area contributed by atoms with Gasteiger partial charge in [0, 0.05) is 38.3 Å². The van der Waals surface area contributed by atoms with Crippen LogP contribution in [0.3, 0.4) is 0 Å². The Bertz CT molecular complexity index is 717. The van der Waals surface area contributed by atoms with E-state index in [1.54, 1.807) is 19.2 Å². The van der Waals surface area contributed by atoms with Crippen molar-refractivity contribution in [2.45, 2.75) is 39.7 Å². The number of hydrogen-bond acceptors (Lipinski definition) is 2. The molecule has 128 valence electrons. The molecule has 1 aromatic heterocycles. The van der Waals surface area contributed by atoms with Gasteiger partial charge in [0.1, 0.15) is 5.82 Å². The fourth-order valence-corrected chi connectivity index (χ4v) is 3.32. The summed E-state index contributed by atoms with van der Waals surface area (Å²) < 4.78 is 15.9. The molecule has 1 fully saturated rings. The van der Waals surface area contributed by atoms with Gasteiger partial charge in [-0.3, -0.25) is 9.48 Å². The Hall–Kier alpha value is -2.17. The van der Waals surface area contributed by atoms with Crippen LogP contribution in [0.15, 0.2) is 30.6 Å². The third kappa shape index (κ3) is 3.66. The van der Waals surface area contributed by atoms with Crippen LogP contribution in [-0.2, 0) is 17.8 Å². The number of hydrogen-bond donors (Lipinski definition) is 0. The molecule has 0 spiro atoms. The van der Waals surface area contributed by atoms with Gasteiger partial charge in [-0.05, 0) is 42.4 Å². The van der Waals surface area contributed by atoms with Crippen LogP contribution in [0, 0.1) is 11.7 Å². The first-order chi connectivity index (χ1) is 11.6. The first kappa shape index (κ1) is 16.7. The predicted molar refractivity (Wildman–Crippen MR) is 92.0 cm³/mol. The van der Waals surface area contributed by atoms with Crippen LogP contribution in [0.4, 0.5) is 4.39 Å². The molecule has 1 saturated heterocycles. The van der Waals surface area contributed by atoms with Crippen molar-refractivity contribution in [3.05, 3.63) is 42.0 Å². The minimum atomic E-state index is -0.153. The molecule has 0 radical (unpaired) electrons. The lowest BCUT2D eigenvalue weighted by atomic mass is 9.97. The number of rotatable bonds is 4. The lowest BCUT2D eigenvalue weighted by Crippen LogP contribution is -2.38. The molecule has 1 aliphatic heterocycles. The van der Waals surface area contributed by atoms with E-state index in [9.17, 15) is 9.18 Å². The van der Waals surface area contributed by atoms with Crippen molar-refractivity contribution in [3.8, 4) is 11.1 Å². The average molecular weight is 329 g/mol. The van der Waals surface area contributed by atoms with E-state index in [1.807, 2.05) is 34.8 Å². The van der Waals surface area contributed by atoms with Gasteiger partial charge >= 0.3 is 0 Å². The highest BCUT2D eigenvalue weighted by molar-refractivity contribution is 5.73. The zero-order valence-electron chi connectivity index (χ0n) is 14.3. The van der Waals surface area contributed by atoms with Crippen LogP contribution >= 0.6 is 0 Å². The number of amides is 1. The fourth-order valence-electron chi connectivity index (χ4n) is 3.32. The summed E-state index contributed by atoms with van der Waals surface area (Å²) in [5, 5.41) is 4.43. The number of halogens is 1. The highest BCUT2D eigenvalue weighted by atomic mass is 19.1.